The second-order valence-electron chi connectivity index (χ2n) is 3.81. The number of hydrogen-bond acceptors (Lipinski definition) is 4. The highest BCUT2D eigenvalue weighted by Crippen LogP contribution is 2.24. The number of nitrogens with zero attached hydrogens (tertiary/aromatic N) is 1. The summed E-state index contributed by atoms with van der Waals surface area (Å²) in [5.74, 6) is -1.51. The van der Waals surface area contributed by atoms with Gasteiger partial charge in [-0.15, -0.1) is 0 Å². The highest BCUT2D eigenvalue weighted by Gasteiger charge is 2.24. The van der Waals surface area contributed by atoms with Gasteiger partial charge in [0, 0.05) is 7.05 Å². The number of carbonyl (C=O) groups is 2. The fourth-order valence-electron chi connectivity index (χ4n) is 1.34. The highest BCUT2D eigenvalue weighted by molar-refractivity contribution is 5.99. The number of benzene rings is 1. The van der Waals surface area contributed by atoms with Crippen LogP contribution in [0.4, 0.5) is 0 Å². The first-order valence-corrected chi connectivity index (χ1v) is 5.25. The van der Waals surface area contributed by atoms with Crippen LogP contribution < -0.4 is 4.74 Å². The summed E-state index contributed by atoms with van der Waals surface area (Å²) in [4.78, 5) is 23.9. The van der Waals surface area contributed by atoms with Crippen LogP contribution in [0.25, 0.3) is 0 Å². The molecule has 0 radical (unpaired) electrons. The number of rotatable bonds is 4. The fraction of sp³-hybridized carbons (Fsp3) is 0.333. The van der Waals surface area contributed by atoms with Crippen LogP contribution in [0.2, 0.25) is 0 Å². The Kier molecular flexibility index (Phi) is 4.14. The lowest BCUT2D eigenvalue weighted by atomic mass is 10.1. The van der Waals surface area contributed by atoms with Crippen LogP contribution >= 0.6 is 0 Å². The largest absolute Gasteiger partial charge is 0.507 e. The Morgan fingerprint density at radius 1 is 1.39 bits per heavy atom. The third-order valence-electron chi connectivity index (χ3n) is 2.69. The maximum atomic E-state index is 12.0. The van der Waals surface area contributed by atoms with E-state index in [-0.39, 0.29) is 11.3 Å². The summed E-state index contributed by atoms with van der Waals surface area (Å²) in [5, 5.41) is 18.5. The molecule has 18 heavy (non-hydrogen) atoms. The van der Waals surface area contributed by atoms with Crippen molar-refractivity contribution < 1.29 is 24.5 Å². The number of ether oxygens (including phenoxy) is 1. The molecular weight excluding hydrogens is 238 g/mol. The smallest absolute Gasteiger partial charge is 0.326 e. The lowest BCUT2D eigenvalue weighted by Gasteiger charge is -2.22. The average molecular weight is 253 g/mol. The minimum atomic E-state index is -1.12. The molecule has 6 heteroatoms. The van der Waals surface area contributed by atoms with Crippen molar-refractivity contribution in [2.75, 3.05) is 14.2 Å². The summed E-state index contributed by atoms with van der Waals surface area (Å²) in [6, 6.07) is 3.21. The van der Waals surface area contributed by atoms with E-state index in [2.05, 4.69) is 0 Å². The summed E-state index contributed by atoms with van der Waals surface area (Å²) < 4.78 is 4.95. The standard InChI is InChI=1S/C12H15NO5/c1-7(12(16)17)13(2)11(15)9-6-8(18-3)4-5-10(9)14/h4-7,14H,1-3H3,(H,16,17). The fourth-order valence-corrected chi connectivity index (χ4v) is 1.34. The molecular formula is C12H15NO5. The SMILES string of the molecule is COc1ccc(O)c(C(=O)N(C)C(C)C(=O)O)c1. The number of carboxylic acid groups (broad SMARTS) is 1. The number of phenolic OH excluding ortho intramolecular Hbond substituents is 1. The Morgan fingerprint density at radius 3 is 2.50 bits per heavy atom. The van der Waals surface area contributed by atoms with E-state index >= 15 is 0 Å². The molecule has 98 valence electrons. The quantitative estimate of drug-likeness (QED) is 0.834. The number of carbonyl (C=O) groups excluding carboxylic acids is 1. The first kappa shape index (κ1) is 13.8. The molecule has 2 N–H and O–H groups in total. The molecule has 1 aromatic rings. The van der Waals surface area contributed by atoms with Gasteiger partial charge < -0.3 is 19.8 Å². The second-order valence-corrected chi connectivity index (χ2v) is 3.81. The number of phenols is 1. The lowest BCUT2D eigenvalue weighted by Crippen LogP contribution is -2.40. The number of methoxy groups -OCH3 is 1. The van der Waals surface area contributed by atoms with E-state index in [4.69, 9.17) is 9.84 Å². The average Bonchev–Trinajstić information content (AvgIpc) is 2.36. The van der Waals surface area contributed by atoms with Crippen LogP contribution in [0, 0.1) is 0 Å². The number of hydrogen-bond donors (Lipinski definition) is 2. The zero-order valence-corrected chi connectivity index (χ0v) is 10.4. The van der Waals surface area contributed by atoms with Gasteiger partial charge in [-0.3, -0.25) is 4.79 Å². The van der Waals surface area contributed by atoms with Gasteiger partial charge in [0.05, 0.1) is 12.7 Å². The van der Waals surface area contributed by atoms with Gasteiger partial charge in [-0.05, 0) is 25.1 Å². The molecule has 1 rings (SSSR count). The minimum Gasteiger partial charge on any atom is -0.507 e. The van der Waals surface area contributed by atoms with Gasteiger partial charge in [0.15, 0.2) is 0 Å². The highest BCUT2D eigenvalue weighted by atomic mass is 16.5. The van der Waals surface area contributed by atoms with Crippen LogP contribution in [0.15, 0.2) is 18.2 Å². The van der Waals surface area contributed by atoms with E-state index in [9.17, 15) is 14.7 Å². The van der Waals surface area contributed by atoms with Crippen LogP contribution in [-0.2, 0) is 4.79 Å². The molecule has 0 bridgehead atoms. The van der Waals surface area contributed by atoms with E-state index in [1.807, 2.05) is 0 Å². The van der Waals surface area contributed by atoms with Crippen LogP contribution in [-0.4, -0.2) is 47.2 Å². The van der Waals surface area contributed by atoms with Gasteiger partial charge in [-0.2, -0.15) is 0 Å². The first-order chi connectivity index (χ1) is 8.38. The molecule has 0 saturated heterocycles. The van der Waals surface area contributed by atoms with Gasteiger partial charge in [-0.1, -0.05) is 0 Å². The van der Waals surface area contributed by atoms with Crippen LogP contribution in [0.3, 0.4) is 0 Å². The molecule has 0 aliphatic heterocycles. The van der Waals surface area contributed by atoms with E-state index in [1.165, 1.54) is 39.3 Å². The molecule has 0 saturated carbocycles. The molecule has 0 fully saturated rings. The van der Waals surface area contributed by atoms with Crippen molar-refractivity contribution in [1.29, 1.82) is 0 Å². The van der Waals surface area contributed by atoms with Crippen molar-refractivity contribution in [3.63, 3.8) is 0 Å². The summed E-state index contributed by atoms with van der Waals surface area (Å²) in [7, 11) is 2.80. The molecule has 0 heterocycles. The molecule has 0 aliphatic carbocycles. The van der Waals surface area contributed by atoms with Crippen molar-refractivity contribution in [2.45, 2.75) is 13.0 Å². The van der Waals surface area contributed by atoms with Crippen molar-refractivity contribution >= 4 is 11.9 Å². The number of amides is 1. The Balaban J connectivity index is 3.06. The molecule has 0 aliphatic rings. The number of aliphatic carboxylic acids is 1. The third-order valence-corrected chi connectivity index (χ3v) is 2.69. The monoisotopic (exact) mass is 253 g/mol. The van der Waals surface area contributed by atoms with Crippen molar-refractivity contribution in [2.24, 2.45) is 0 Å². The maximum Gasteiger partial charge on any atom is 0.326 e. The molecule has 1 aromatic carbocycles. The zero-order chi connectivity index (χ0) is 13.9. The number of carboxylic acids is 1. The Labute approximate surface area is 104 Å². The van der Waals surface area contributed by atoms with Gasteiger partial charge in [-0.25, -0.2) is 4.79 Å². The van der Waals surface area contributed by atoms with E-state index in [0.717, 1.165) is 4.90 Å². The topological polar surface area (TPSA) is 87.1 Å². The molecule has 0 spiro atoms. The van der Waals surface area contributed by atoms with E-state index in [1.54, 1.807) is 0 Å². The minimum absolute atomic E-state index is 0.00458. The predicted molar refractivity (Wildman–Crippen MR) is 63.9 cm³/mol. The number of likely N-dealkylation sites (N-methyl/N-ethyl adjacent to an activating group) is 1. The van der Waals surface area contributed by atoms with Crippen molar-refractivity contribution in [3.05, 3.63) is 23.8 Å². The molecule has 0 aromatic heterocycles. The summed E-state index contributed by atoms with van der Waals surface area (Å²) in [6.45, 7) is 1.39. The van der Waals surface area contributed by atoms with Gasteiger partial charge in [0.25, 0.3) is 5.91 Å². The molecule has 1 atom stereocenters. The predicted octanol–water partition coefficient (Wildman–Crippen LogP) is 0.946. The van der Waals surface area contributed by atoms with Crippen LogP contribution in [0.1, 0.15) is 17.3 Å². The lowest BCUT2D eigenvalue weighted by molar-refractivity contribution is -0.141. The Bertz CT molecular complexity index is 472. The second kappa shape index (κ2) is 5.39. The summed E-state index contributed by atoms with van der Waals surface area (Å²) in [5.41, 5.74) is 0.00458. The summed E-state index contributed by atoms with van der Waals surface area (Å²) in [6.07, 6.45) is 0. The van der Waals surface area contributed by atoms with Gasteiger partial charge in [0.1, 0.15) is 17.5 Å². The molecule has 6 nitrogen and oxygen atoms in total. The number of aromatic hydroxyl groups is 1. The Hall–Kier alpha value is -2.24. The van der Waals surface area contributed by atoms with Crippen molar-refractivity contribution in [3.8, 4) is 11.5 Å². The molecule has 1 unspecified atom stereocenters. The normalized spacial score (nSPS) is 11.7. The van der Waals surface area contributed by atoms with E-state index in [0.29, 0.717) is 5.75 Å². The summed E-state index contributed by atoms with van der Waals surface area (Å²) >= 11 is 0. The zero-order valence-electron chi connectivity index (χ0n) is 10.4. The van der Waals surface area contributed by atoms with Crippen molar-refractivity contribution in [1.82, 2.24) is 4.90 Å². The maximum absolute atomic E-state index is 12.0. The van der Waals surface area contributed by atoms with Gasteiger partial charge >= 0.3 is 5.97 Å². The molecule has 1 amide bonds. The van der Waals surface area contributed by atoms with E-state index < -0.39 is 17.9 Å². The third kappa shape index (κ3) is 2.71. The van der Waals surface area contributed by atoms with Crippen LogP contribution in [0.5, 0.6) is 11.5 Å². The first-order valence-electron chi connectivity index (χ1n) is 5.25. The van der Waals surface area contributed by atoms with Gasteiger partial charge in [0.2, 0.25) is 0 Å². The Morgan fingerprint density at radius 2 is 2.00 bits per heavy atom.